The highest BCUT2D eigenvalue weighted by Crippen LogP contribution is 2.25. The quantitative estimate of drug-likeness (QED) is 0.867. The molecule has 16 heavy (non-hydrogen) atoms. The summed E-state index contributed by atoms with van der Waals surface area (Å²) >= 11 is 1.87. The predicted octanol–water partition coefficient (Wildman–Crippen LogP) is 2.74. The molecule has 0 amide bonds. The van der Waals surface area contributed by atoms with E-state index in [1.807, 2.05) is 11.3 Å². The van der Waals surface area contributed by atoms with Gasteiger partial charge in [0.1, 0.15) is 0 Å². The zero-order chi connectivity index (χ0) is 11.4. The van der Waals surface area contributed by atoms with Crippen LogP contribution in [0.5, 0.6) is 0 Å². The number of hydrogen-bond donors (Lipinski definition) is 1. The summed E-state index contributed by atoms with van der Waals surface area (Å²) in [6, 6.07) is 4.96. The summed E-state index contributed by atoms with van der Waals surface area (Å²) in [7, 11) is 2.26. The lowest BCUT2D eigenvalue weighted by Crippen LogP contribution is -2.35. The maximum atomic E-state index is 3.43. The van der Waals surface area contributed by atoms with Crippen molar-refractivity contribution in [3.8, 4) is 0 Å². The molecule has 1 atom stereocenters. The highest BCUT2D eigenvalue weighted by molar-refractivity contribution is 7.10. The van der Waals surface area contributed by atoms with Gasteiger partial charge in [0.15, 0.2) is 0 Å². The average molecular weight is 238 g/mol. The molecule has 1 fully saturated rings. The SMILES string of the molecule is C[C@@H](c1cccs1)N(C)CC1CCNCC1. The zero-order valence-corrected chi connectivity index (χ0v) is 11.1. The van der Waals surface area contributed by atoms with E-state index in [0.29, 0.717) is 6.04 Å². The Morgan fingerprint density at radius 3 is 2.88 bits per heavy atom. The number of thiophene rings is 1. The molecule has 1 N–H and O–H groups in total. The molecule has 0 radical (unpaired) electrons. The van der Waals surface area contributed by atoms with Crippen molar-refractivity contribution >= 4 is 11.3 Å². The lowest BCUT2D eigenvalue weighted by molar-refractivity contribution is 0.199. The topological polar surface area (TPSA) is 15.3 Å². The Hall–Kier alpha value is -0.380. The highest BCUT2D eigenvalue weighted by atomic mass is 32.1. The van der Waals surface area contributed by atoms with Gasteiger partial charge < -0.3 is 5.32 Å². The Morgan fingerprint density at radius 2 is 2.25 bits per heavy atom. The fourth-order valence-corrected chi connectivity index (χ4v) is 3.22. The third kappa shape index (κ3) is 3.06. The van der Waals surface area contributed by atoms with E-state index in [4.69, 9.17) is 0 Å². The third-order valence-electron chi connectivity index (χ3n) is 3.62. The molecule has 0 bridgehead atoms. The Kier molecular flexibility index (Phi) is 4.38. The smallest absolute Gasteiger partial charge is 0.0410 e. The van der Waals surface area contributed by atoms with Crippen LogP contribution >= 0.6 is 11.3 Å². The predicted molar refractivity (Wildman–Crippen MR) is 71.0 cm³/mol. The third-order valence-corrected chi connectivity index (χ3v) is 4.66. The summed E-state index contributed by atoms with van der Waals surface area (Å²) in [6.45, 7) is 5.95. The molecule has 0 spiro atoms. The molecule has 1 aliphatic rings. The van der Waals surface area contributed by atoms with Crippen molar-refractivity contribution in [1.82, 2.24) is 10.2 Å². The van der Waals surface area contributed by atoms with Crippen LogP contribution in [0.4, 0.5) is 0 Å². The summed E-state index contributed by atoms with van der Waals surface area (Å²) in [5.41, 5.74) is 0. The van der Waals surface area contributed by atoms with Gasteiger partial charge in [-0.1, -0.05) is 6.07 Å². The van der Waals surface area contributed by atoms with Gasteiger partial charge in [-0.3, -0.25) is 4.90 Å². The largest absolute Gasteiger partial charge is 0.317 e. The van der Waals surface area contributed by atoms with Gasteiger partial charge in [-0.25, -0.2) is 0 Å². The van der Waals surface area contributed by atoms with E-state index in [0.717, 1.165) is 5.92 Å². The first-order chi connectivity index (χ1) is 7.77. The maximum absolute atomic E-state index is 3.43. The van der Waals surface area contributed by atoms with Crippen molar-refractivity contribution in [2.45, 2.75) is 25.8 Å². The second-order valence-corrected chi connectivity index (χ2v) is 5.80. The second-order valence-electron chi connectivity index (χ2n) is 4.82. The minimum Gasteiger partial charge on any atom is -0.317 e. The molecule has 2 nitrogen and oxygen atoms in total. The van der Waals surface area contributed by atoms with Gasteiger partial charge in [0.25, 0.3) is 0 Å². The zero-order valence-electron chi connectivity index (χ0n) is 10.3. The molecule has 1 saturated heterocycles. The van der Waals surface area contributed by atoms with Crippen molar-refractivity contribution < 1.29 is 0 Å². The normalized spacial score (nSPS) is 20.2. The molecule has 0 saturated carbocycles. The van der Waals surface area contributed by atoms with E-state index in [1.165, 1.54) is 37.4 Å². The van der Waals surface area contributed by atoms with Gasteiger partial charge in [0.05, 0.1) is 0 Å². The average Bonchev–Trinajstić information content (AvgIpc) is 2.83. The molecule has 1 aliphatic heterocycles. The Bertz CT molecular complexity index is 291. The summed E-state index contributed by atoms with van der Waals surface area (Å²) in [5, 5.41) is 5.60. The second kappa shape index (κ2) is 5.80. The van der Waals surface area contributed by atoms with Crippen LogP contribution in [0.3, 0.4) is 0 Å². The van der Waals surface area contributed by atoms with Crippen LogP contribution in [-0.4, -0.2) is 31.6 Å². The molecule has 1 aromatic heterocycles. The summed E-state index contributed by atoms with van der Waals surface area (Å²) in [5.74, 6) is 0.883. The molecule has 3 heteroatoms. The van der Waals surface area contributed by atoms with Crippen molar-refractivity contribution in [2.75, 3.05) is 26.7 Å². The number of hydrogen-bond acceptors (Lipinski definition) is 3. The first-order valence-electron chi connectivity index (χ1n) is 6.21. The molecule has 90 valence electrons. The van der Waals surface area contributed by atoms with Crippen LogP contribution in [0.25, 0.3) is 0 Å². The summed E-state index contributed by atoms with van der Waals surface area (Å²) in [6.07, 6.45) is 2.67. The van der Waals surface area contributed by atoms with E-state index < -0.39 is 0 Å². The molecule has 0 aliphatic carbocycles. The fourth-order valence-electron chi connectivity index (χ4n) is 2.38. The van der Waals surface area contributed by atoms with Crippen LogP contribution in [0.2, 0.25) is 0 Å². The Morgan fingerprint density at radius 1 is 1.50 bits per heavy atom. The van der Waals surface area contributed by atoms with Crippen molar-refractivity contribution in [1.29, 1.82) is 0 Å². The molecule has 1 aromatic rings. The highest BCUT2D eigenvalue weighted by Gasteiger charge is 2.19. The van der Waals surface area contributed by atoms with Crippen LogP contribution in [0, 0.1) is 5.92 Å². The maximum Gasteiger partial charge on any atom is 0.0410 e. The Balaban J connectivity index is 1.84. The summed E-state index contributed by atoms with van der Waals surface area (Å²) in [4.78, 5) is 3.98. The lowest BCUT2D eigenvalue weighted by Gasteiger charge is -2.30. The van der Waals surface area contributed by atoms with Crippen molar-refractivity contribution in [2.24, 2.45) is 5.92 Å². The van der Waals surface area contributed by atoms with E-state index in [2.05, 4.69) is 41.7 Å². The van der Waals surface area contributed by atoms with Gasteiger partial charge in [0, 0.05) is 17.5 Å². The van der Waals surface area contributed by atoms with Crippen molar-refractivity contribution in [3.63, 3.8) is 0 Å². The molecule has 2 rings (SSSR count). The van der Waals surface area contributed by atoms with Crippen LogP contribution < -0.4 is 5.32 Å². The first kappa shape index (κ1) is 12.1. The standard InChI is InChI=1S/C13H22N2S/c1-11(13-4-3-9-16-13)15(2)10-12-5-7-14-8-6-12/h3-4,9,11-12,14H,5-8,10H2,1-2H3/t11-/m0/s1. The van der Waals surface area contributed by atoms with E-state index >= 15 is 0 Å². The molecule has 0 aromatic carbocycles. The molecular formula is C13H22N2S. The number of piperidine rings is 1. The van der Waals surface area contributed by atoms with E-state index in [-0.39, 0.29) is 0 Å². The number of nitrogens with one attached hydrogen (secondary N) is 1. The minimum absolute atomic E-state index is 0.565. The number of nitrogens with zero attached hydrogens (tertiary/aromatic N) is 1. The molecule has 2 heterocycles. The van der Waals surface area contributed by atoms with Gasteiger partial charge in [-0.2, -0.15) is 0 Å². The monoisotopic (exact) mass is 238 g/mol. The van der Waals surface area contributed by atoms with E-state index in [1.54, 1.807) is 0 Å². The summed E-state index contributed by atoms with van der Waals surface area (Å²) < 4.78 is 0. The number of rotatable bonds is 4. The first-order valence-corrected chi connectivity index (χ1v) is 7.09. The van der Waals surface area contributed by atoms with Gasteiger partial charge in [0.2, 0.25) is 0 Å². The molecule has 0 unspecified atom stereocenters. The fraction of sp³-hybridized carbons (Fsp3) is 0.692. The van der Waals surface area contributed by atoms with Gasteiger partial charge >= 0.3 is 0 Å². The lowest BCUT2D eigenvalue weighted by atomic mass is 9.97. The van der Waals surface area contributed by atoms with Gasteiger partial charge in [-0.15, -0.1) is 11.3 Å². The Labute approximate surface area is 103 Å². The van der Waals surface area contributed by atoms with Gasteiger partial charge in [-0.05, 0) is 57.3 Å². The van der Waals surface area contributed by atoms with Crippen LogP contribution in [-0.2, 0) is 0 Å². The van der Waals surface area contributed by atoms with Crippen LogP contribution in [0.15, 0.2) is 17.5 Å². The molecular weight excluding hydrogens is 216 g/mol. The van der Waals surface area contributed by atoms with E-state index in [9.17, 15) is 0 Å². The van der Waals surface area contributed by atoms with Crippen molar-refractivity contribution in [3.05, 3.63) is 22.4 Å². The van der Waals surface area contributed by atoms with Crippen LogP contribution in [0.1, 0.15) is 30.7 Å². The minimum atomic E-state index is 0.565.